The first-order valence-electron chi connectivity index (χ1n) is 7.84. The summed E-state index contributed by atoms with van der Waals surface area (Å²) in [4.78, 5) is 30.5. The third kappa shape index (κ3) is 2.68. The zero-order chi connectivity index (χ0) is 17.6. The lowest BCUT2D eigenvalue weighted by molar-refractivity contribution is 0.0878. The van der Waals surface area contributed by atoms with Crippen LogP contribution in [0.1, 0.15) is 33.0 Å². The fourth-order valence-electron chi connectivity index (χ4n) is 3.05. The number of hydrogen-bond acceptors (Lipinski definition) is 5. The number of benzene rings is 1. The van der Waals surface area contributed by atoms with E-state index in [0.717, 1.165) is 29.7 Å². The van der Waals surface area contributed by atoms with Gasteiger partial charge in [0.25, 0.3) is 11.5 Å². The van der Waals surface area contributed by atoms with Crippen LogP contribution in [0.4, 0.5) is 4.39 Å². The van der Waals surface area contributed by atoms with Gasteiger partial charge in [-0.2, -0.15) is 0 Å². The van der Waals surface area contributed by atoms with E-state index < -0.39 is 11.5 Å². The second kappa shape index (κ2) is 5.96. The predicted molar refractivity (Wildman–Crippen MR) is 90.7 cm³/mol. The quantitative estimate of drug-likeness (QED) is 0.703. The number of thiophene rings is 1. The maximum absolute atomic E-state index is 12.9. The number of nitrogens with zero attached hydrogens (tertiary/aromatic N) is 2. The Morgan fingerprint density at radius 1 is 1.32 bits per heavy atom. The zero-order valence-electron chi connectivity index (χ0n) is 13.1. The molecule has 0 bridgehead atoms. The minimum atomic E-state index is -0.667. The number of rotatable bonds is 3. The van der Waals surface area contributed by atoms with Crippen molar-refractivity contribution in [1.29, 1.82) is 0 Å². The molecule has 1 aliphatic rings. The molecule has 0 saturated carbocycles. The number of aryl methyl sites for hydroxylation is 2. The molecule has 0 unspecified atom stereocenters. The number of nitrogens with one attached hydrogen (secondary N) is 1. The Hall–Kier alpha value is -2.74. The van der Waals surface area contributed by atoms with Crippen LogP contribution in [0.5, 0.6) is 0 Å². The Morgan fingerprint density at radius 3 is 2.84 bits per heavy atom. The average molecular weight is 359 g/mol. The van der Waals surface area contributed by atoms with E-state index in [4.69, 9.17) is 0 Å². The van der Waals surface area contributed by atoms with Crippen molar-refractivity contribution < 1.29 is 14.4 Å². The highest BCUT2D eigenvalue weighted by atomic mass is 32.1. The summed E-state index contributed by atoms with van der Waals surface area (Å²) in [6.45, 7) is 0.133. The van der Waals surface area contributed by atoms with Crippen molar-refractivity contribution in [2.45, 2.75) is 25.8 Å². The molecule has 3 aromatic rings. The third-order valence-corrected chi connectivity index (χ3v) is 5.47. The normalized spacial score (nSPS) is 13.2. The van der Waals surface area contributed by atoms with Crippen molar-refractivity contribution in [3.8, 4) is 0 Å². The van der Waals surface area contributed by atoms with Gasteiger partial charge in [0.2, 0.25) is 5.82 Å². The average Bonchev–Trinajstić information content (AvgIpc) is 3.18. The first-order valence-corrected chi connectivity index (χ1v) is 8.65. The summed E-state index contributed by atoms with van der Waals surface area (Å²) in [6.07, 6.45) is 2.68. The van der Waals surface area contributed by atoms with E-state index in [1.54, 1.807) is 12.1 Å². The lowest BCUT2D eigenvalue weighted by Gasteiger charge is -2.08. The summed E-state index contributed by atoms with van der Waals surface area (Å²) in [5.74, 6) is -1.38. The van der Waals surface area contributed by atoms with E-state index in [0.29, 0.717) is 20.5 Å². The van der Waals surface area contributed by atoms with Crippen LogP contribution in [0, 0.1) is 5.82 Å². The second-order valence-corrected chi connectivity index (χ2v) is 6.98. The van der Waals surface area contributed by atoms with Gasteiger partial charge in [-0.05, 0) is 42.5 Å². The first kappa shape index (κ1) is 15.8. The Kier molecular flexibility index (Phi) is 3.76. The molecule has 128 valence electrons. The van der Waals surface area contributed by atoms with E-state index in [1.807, 2.05) is 0 Å². The number of amides is 1. The molecule has 1 amide bonds. The van der Waals surface area contributed by atoms with Gasteiger partial charge >= 0.3 is 0 Å². The van der Waals surface area contributed by atoms with Crippen molar-refractivity contribution in [3.05, 3.63) is 62.3 Å². The summed E-state index contributed by atoms with van der Waals surface area (Å²) < 4.78 is 13.2. The lowest BCUT2D eigenvalue weighted by atomic mass is 10.2. The number of fused-ring (bicyclic) bond motifs is 3. The monoisotopic (exact) mass is 359 g/mol. The molecule has 0 fully saturated rings. The van der Waals surface area contributed by atoms with Crippen LogP contribution in [-0.2, 0) is 19.4 Å². The number of halogens is 1. The van der Waals surface area contributed by atoms with Crippen molar-refractivity contribution in [2.75, 3.05) is 0 Å². The summed E-state index contributed by atoms with van der Waals surface area (Å²) >= 11 is 1.40. The predicted octanol–water partition coefficient (Wildman–Crippen LogP) is 2.25. The van der Waals surface area contributed by atoms with Crippen molar-refractivity contribution >= 4 is 27.5 Å². The van der Waals surface area contributed by atoms with Crippen LogP contribution in [-0.4, -0.2) is 20.8 Å². The summed E-state index contributed by atoms with van der Waals surface area (Å²) in [5.41, 5.74) is 1.02. The second-order valence-electron chi connectivity index (χ2n) is 5.90. The smallest absolute Gasteiger partial charge is 0.295 e. The van der Waals surface area contributed by atoms with Gasteiger partial charge in [-0.15, -0.1) is 16.1 Å². The SMILES string of the molecule is O=C(NCc1ccc(F)cc1)c1nc2sc3c(c2c(=O)n1O)CCC3. The molecular weight excluding hydrogens is 345 g/mol. The fraction of sp³-hybridized carbons (Fsp3) is 0.235. The van der Waals surface area contributed by atoms with E-state index in [-0.39, 0.29) is 18.2 Å². The van der Waals surface area contributed by atoms with Gasteiger partial charge in [0.05, 0.1) is 5.39 Å². The molecule has 0 radical (unpaired) electrons. The van der Waals surface area contributed by atoms with Gasteiger partial charge in [-0.25, -0.2) is 9.37 Å². The maximum Gasteiger partial charge on any atom is 0.295 e. The standard InChI is InChI=1S/C17H14FN3O3S/c18-10-6-4-9(5-7-10)8-19-15(22)14-20-16-13(17(23)21(14)24)11-2-1-3-12(11)25-16/h4-7,24H,1-3,8H2,(H,19,22). The van der Waals surface area contributed by atoms with Crippen LogP contribution in [0.15, 0.2) is 29.1 Å². The van der Waals surface area contributed by atoms with Gasteiger partial charge in [0.1, 0.15) is 10.6 Å². The molecule has 2 aromatic heterocycles. The van der Waals surface area contributed by atoms with Crippen molar-refractivity contribution in [1.82, 2.24) is 15.0 Å². The lowest BCUT2D eigenvalue weighted by Crippen LogP contribution is -2.32. The number of carbonyl (C=O) groups excluding carboxylic acids is 1. The van der Waals surface area contributed by atoms with Crippen LogP contribution < -0.4 is 10.9 Å². The van der Waals surface area contributed by atoms with Crippen molar-refractivity contribution in [3.63, 3.8) is 0 Å². The molecule has 25 heavy (non-hydrogen) atoms. The van der Waals surface area contributed by atoms with E-state index in [9.17, 15) is 19.2 Å². The van der Waals surface area contributed by atoms with Crippen LogP contribution in [0.3, 0.4) is 0 Å². The molecule has 0 atom stereocenters. The highest BCUT2D eigenvalue weighted by Crippen LogP contribution is 2.34. The number of aromatic nitrogens is 2. The third-order valence-electron chi connectivity index (χ3n) is 4.29. The molecule has 1 aromatic carbocycles. The van der Waals surface area contributed by atoms with Crippen LogP contribution in [0.2, 0.25) is 0 Å². The zero-order valence-corrected chi connectivity index (χ0v) is 13.9. The Balaban J connectivity index is 1.64. The van der Waals surface area contributed by atoms with Gasteiger partial charge < -0.3 is 10.5 Å². The molecular formula is C17H14FN3O3S. The van der Waals surface area contributed by atoms with Gasteiger partial charge in [-0.3, -0.25) is 9.59 Å². The molecule has 8 heteroatoms. The topological polar surface area (TPSA) is 84.2 Å². The Morgan fingerprint density at radius 2 is 2.08 bits per heavy atom. The van der Waals surface area contributed by atoms with E-state index in [1.165, 1.54) is 23.5 Å². The molecule has 4 rings (SSSR count). The Bertz CT molecular complexity index is 1040. The Labute approximate surface area is 145 Å². The fourth-order valence-corrected chi connectivity index (χ4v) is 4.30. The summed E-state index contributed by atoms with van der Waals surface area (Å²) in [6, 6.07) is 5.67. The maximum atomic E-state index is 12.9. The van der Waals surface area contributed by atoms with E-state index in [2.05, 4.69) is 10.3 Å². The van der Waals surface area contributed by atoms with Crippen molar-refractivity contribution in [2.24, 2.45) is 0 Å². The largest absolute Gasteiger partial charge is 0.423 e. The van der Waals surface area contributed by atoms with Crippen LogP contribution in [0.25, 0.3) is 10.2 Å². The molecule has 0 saturated heterocycles. The molecule has 1 aliphatic carbocycles. The summed E-state index contributed by atoms with van der Waals surface area (Å²) in [7, 11) is 0. The van der Waals surface area contributed by atoms with Gasteiger partial charge in [0.15, 0.2) is 0 Å². The highest BCUT2D eigenvalue weighted by Gasteiger charge is 2.25. The number of hydrogen-bond donors (Lipinski definition) is 2. The number of carbonyl (C=O) groups is 1. The molecule has 6 nitrogen and oxygen atoms in total. The van der Waals surface area contributed by atoms with E-state index >= 15 is 0 Å². The minimum Gasteiger partial charge on any atom is -0.423 e. The molecule has 2 N–H and O–H groups in total. The highest BCUT2D eigenvalue weighted by molar-refractivity contribution is 7.18. The minimum absolute atomic E-state index is 0.133. The molecule has 0 aliphatic heterocycles. The molecule has 2 heterocycles. The molecule has 0 spiro atoms. The van der Waals surface area contributed by atoms with Crippen LogP contribution >= 0.6 is 11.3 Å². The van der Waals surface area contributed by atoms with Gasteiger partial charge in [0, 0.05) is 11.4 Å². The van der Waals surface area contributed by atoms with Gasteiger partial charge in [-0.1, -0.05) is 12.1 Å². The first-order chi connectivity index (χ1) is 12.0. The summed E-state index contributed by atoms with van der Waals surface area (Å²) in [5, 5.41) is 13.1.